The molecular formula is C23H17BrN8O3. The summed E-state index contributed by atoms with van der Waals surface area (Å²) in [7, 11) is 1.72. The summed E-state index contributed by atoms with van der Waals surface area (Å²) in [6.45, 7) is -0.0423. The van der Waals surface area contributed by atoms with E-state index < -0.39 is 0 Å². The Kier molecular flexibility index (Phi) is 6.52. The number of oxime groups is 1. The lowest BCUT2D eigenvalue weighted by molar-refractivity contribution is 0.111. The van der Waals surface area contributed by atoms with Gasteiger partial charge in [-0.25, -0.2) is 9.67 Å². The molecule has 2 aromatic carbocycles. The summed E-state index contributed by atoms with van der Waals surface area (Å²) in [6, 6.07) is 20.5. The van der Waals surface area contributed by atoms with E-state index in [0.717, 1.165) is 10.0 Å². The average Bonchev–Trinajstić information content (AvgIpc) is 3.53. The van der Waals surface area contributed by atoms with Crippen molar-refractivity contribution in [3.63, 3.8) is 0 Å². The summed E-state index contributed by atoms with van der Waals surface area (Å²) in [5, 5.41) is 23.8. The number of nitrogens with zero attached hydrogens (tertiary/aromatic N) is 8. The maximum atomic E-state index is 5.78. The van der Waals surface area contributed by atoms with E-state index >= 15 is 0 Å². The molecule has 5 rings (SSSR count). The average molecular weight is 533 g/mol. The van der Waals surface area contributed by atoms with E-state index in [9.17, 15) is 0 Å². The van der Waals surface area contributed by atoms with Crippen LogP contribution in [0.3, 0.4) is 0 Å². The minimum Gasteiger partial charge on any atom is -0.456 e. The molecule has 0 radical (unpaired) electrons. The number of rotatable bonds is 8. The van der Waals surface area contributed by atoms with Gasteiger partial charge in [0, 0.05) is 17.1 Å². The largest absolute Gasteiger partial charge is 0.456 e. The van der Waals surface area contributed by atoms with Crippen molar-refractivity contribution in [1.29, 1.82) is 0 Å². The third-order valence-electron chi connectivity index (χ3n) is 4.69. The summed E-state index contributed by atoms with van der Waals surface area (Å²) in [4.78, 5) is 9.84. The first-order valence-electron chi connectivity index (χ1n) is 10.4. The lowest BCUT2D eigenvalue weighted by atomic mass is 10.1. The van der Waals surface area contributed by atoms with E-state index in [0.29, 0.717) is 28.7 Å². The zero-order valence-electron chi connectivity index (χ0n) is 18.3. The molecular weight excluding hydrogens is 516 g/mol. The fourth-order valence-electron chi connectivity index (χ4n) is 3.02. The number of ether oxygens (including phenoxy) is 1. The Balaban J connectivity index is 1.26. The van der Waals surface area contributed by atoms with Gasteiger partial charge in [0.05, 0.1) is 6.20 Å². The molecule has 35 heavy (non-hydrogen) atoms. The molecule has 0 atom stereocenters. The molecule has 0 aliphatic rings. The van der Waals surface area contributed by atoms with Gasteiger partial charge < -0.3 is 14.0 Å². The topological polar surface area (TPSA) is 126 Å². The maximum absolute atomic E-state index is 5.78. The first-order chi connectivity index (χ1) is 17.2. The van der Waals surface area contributed by atoms with Gasteiger partial charge in [0.2, 0.25) is 5.82 Å². The molecule has 0 N–H and O–H groups in total. The van der Waals surface area contributed by atoms with Crippen LogP contribution in [-0.2, 0) is 18.5 Å². The summed E-state index contributed by atoms with van der Waals surface area (Å²) in [5.41, 5.74) is 1.78. The van der Waals surface area contributed by atoms with Crippen LogP contribution in [0, 0.1) is 0 Å². The molecule has 3 aromatic heterocycles. The molecule has 0 saturated heterocycles. The number of aromatic nitrogens is 7. The van der Waals surface area contributed by atoms with Crippen LogP contribution in [0.4, 0.5) is 0 Å². The van der Waals surface area contributed by atoms with Crippen molar-refractivity contribution in [3.05, 3.63) is 94.7 Å². The smallest absolute Gasteiger partial charge is 0.266 e. The number of tetrazole rings is 1. The van der Waals surface area contributed by atoms with E-state index in [2.05, 4.69) is 51.8 Å². The van der Waals surface area contributed by atoms with Crippen molar-refractivity contribution in [3.8, 4) is 23.1 Å². The van der Waals surface area contributed by atoms with Gasteiger partial charge in [-0.15, -0.1) is 15.3 Å². The molecule has 0 amide bonds. The SMILES string of the molecule is Cn1nnnc1/C(=N\OCc1nnc(-c2ccc(Oc3ccc(Br)cc3)cn2)o1)c1ccccc1. The minimum absolute atomic E-state index is 0.0423. The van der Waals surface area contributed by atoms with E-state index in [1.54, 1.807) is 25.4 Å². The van der Waals surface area contributed by atoms with Crippen LogP contribution in [0.25, 0.3) is 11.6 Å². The van der Waals surface area contributed by atoms with E-state index in [4.69, 9.17) is 14.0 Å². The van der Waals surface area contributed by atoms with Gasteiger partial charge in [-0.1, -0.05) is 51.4 Å². The lowest BCUT2D eigenvalue weighted by Crippen LogP contribution is -2.12. The van der Waals surface area contributed by atoms with Crippen LogP contribution < -0.4 is 4.74 Å². The van der Waals surface area contributed by atoms with E-state index in [-0.39, 0.29) is 18.4 Å². The van der Waals surface area contributed by atoms with Crippen molar-refractivity contribution in [2.45, 2.75) is 6.61 Å². The van der Waals surface area contributed by atoms with Gasteiger partial charge in [-0.3, -0.25) is 0 Å². The molecule has 0 fully saturated rings. The van der Waals surface area contributed by atoms with Crippen LogP contribution >= 0.6 is 15.9 Å². The van der Waals surface area contributed by atoms with Crippen molar-refractivity contribution in [1.82, 2.24) is 35.4 Å². The Bertz CT molecular complexity index is 1430. The maximum Gasteiger partial charge on any atom is 0.266 e. The fourth-order valence-corrected chi connectivity index (χ4v) is 3.29. The van der Waals surface area contributed by atoms with E-state index in [1.807, 2.05) is 54.6 Å². The molecule has 11 nitrogen and oxygen atoms in total. The molecule has 12 heteroatoms. The monoisotopic (exact) mass is 532 g/mol. The van der Waals surface area contributed by atoms with Gasteiger partial charge in [0.1, 0.15) is 17.2 Å². The van der Waals surface area contributed by atoms with Gasteiger partial charge in [-0.2, -0.15) is 0 Å². The predicted molar refractivity (Wildman–Crippen MR) is 127 cm³/mol. The Morgan fingerprint density at radius 2 is 1.77 bits per heavy atom. The van der Waals surface area contributed by atoms with Gasteiger partial charge in [0.25, 0.3) is 11.8 Å². The van der Waals surface area contributed by atoms with Crippen LogP contribution in [-0.4, -0.2) is 41.1 Å². The third kappa shape index (κ3) is 5.38. The molecule has 0 saturated carbocycles. The van der Waals surface area contributed by atoms with Crippen LogP contribution in [0.2, 0.25) is 0 Å². The molecule has 0 aliphatic carbocycles. The zero-order chi connectivity index (χ0) is 24.0. The summed E-state index contributed by atoms with van der Waals surface area (Å²) < 4.78 is 13.9. The zero-order valence-corrected chi connectivity index (χ0v) is 19.9. The predicted octanol–water partition coefficient (Wildman–Crippen LogP) is 4.18. The number of halogens is 1. The Morgan fingerprint density at radius 3 is 2.49 bits per heavy atom. The van der Waals surface area contributed by atoms with Crippen LogP contribution in [0.1, 0.15) is 17.3 Å². The second kappa shape index (κ2) is 10.2. The first kappa shape index (κ1) is 22.3. The van der Waals surface area contributed by atoms with Crippen LogP contribution in [0.5, 0.6) is 11.5 Å². The van der Waals surface area contributed by atoms with Crippen molar-refractivity contribution >= 4 is 21.6 Å². The molecule has 0 spiro atoms. The quantitative estimate of drug-likeness (QED) is 0.213. The highest BCUT2D eigenvalue weighted by atomic mass is 79.9. The lowest BCUT2D eigenvalue weighted by Gasteiger charge is -2.05. The molecule has 0 unspecified atom stereocenters. The fraction of sp³-hybridized carbons (Fsp3) is 0.0870. The summed E-state index contributed by atoms with van der Waals surface area (Å²) in [5.74, 6) is 2.23. The summed E-state index contributed by atoms with van der Waals surface area (Å²) in [6.07, 6.45) is 1.59. The van der Waals surface area contributed by atoms with Gasteiger partial charge >= 0.3 is 0 Å². The van der Waals surface area contributed by atoms with Crippen molar-refractivity contribution < 1.29 is 14.0 Å². The first-order valence-corrected chi connectivity index (χ1v) is 11.2. The second-order valence-electron chi connectivity index (χ2n) is 7.14. The minimum atomic E-state index is -0.0423. The van der Waals surface area contributed by atoms with Gasteiger partial charge in [0.15, 0.2) is 12.3 Å². The Hall–Kier alpha value is -4.45. The normalized spacial score (nSPS) is 11.4. The number of aryl methyl sites for hydroxylation is 1. The molecule has 5 aromatic rings. The third-order valence-corrected chi connectivity index (χ3v) is 5.22. The van der Waals surface area contributed by atoms with Gasteiger partial charge in [-0.05, 0) is 46.8 Å². The number of hydrogen-bond donors (Lipinski definition) is 0. The highest BCUT2D eigenvalue weighted by Crippen LogP contribution is 2.24. The molecule has 174 valence electrons. The van der Waals surface area contributed by atoms with Crippen LogP contribution in [0.15, 0.2) is 87.0 Å². The second-order valence-corrected chi connectivity index (χ2v) is 8.06. The van der Waals surface area contributed by atoms with Crippen molar-refractivity contribution in [2.75, 3.05) is 0 Å². The highest BCUT2D eigenvalue weighted by Gasteiger charge is 2.16. The number of benzene rings is 2. The standard InChI is InChI=1S/C23H17BrN8O3/c1-32-22(27-30-31-32)21(15-5-3-2-4-6-15)29-33-14-20-26-28-23(35-20)19-12-11-18(13-25-19)34-17-9-7-16(24)8-10-17/h2-13H,14H2,1H3/b29-21-. The van der Waals surface area contributed by atoms with Crippen molar-refractivity contribution in [2.24, 2.45) is 12.2 Å². The van der Waals surface area contributed by atoms with E-state index in [1.165, 1.54) is 4.68 Å². The molecule has 3 heterocycles. The Morgan fingerprint density at radius 1 is 0.971 bits per heavy atom. The number of hydrogen-bond acceptors (Lipinski definition) is 10. The summed E-state index contributed by atoms with van der Waals surface area (Å²) >= 11 is 3.40. The Labute approximate surface area is 207 Å². The highest BCUT2D eigenvalue weighted by molar-refractivity contribution is 9.10. The molecule has 0 aliphatic heterocycles. The number of pyridine rings is 1. The molecule has 0 bridgehead atoms.